The van der Waals surface area contributed by atoms with E-state index in [1.165, 1.54) is 0 Å². The van der Waals surface area contributed by atoms with E-state index in [9.17, 15) is 13.2 Å². The van der Waals surface area contributed by atoms with Crippen LogP contribution < -0.4 is 4.72 Å². The third-order valence-electron chi connectivity index (χ3n) is 5.00. The van der Waals surface area contributed by atoms with Gasteiger partial charge in [-0.2, -0.15) is 0 Å². The second kappa shape index (κ2) is 7.82. The van der Waals surface area contributed by atoms with Gasteiger partial charge in [0.1, 0.15) is 0 Å². The molecule has 3 rings (SSSR count). The topological polar surface area (TPSA) is 66.5 Å². The zero-order valence-corrected chi connectivity index (χ0v) is 16.8. The van der Waals surface area contributed by atoms with Crippen molar-refractivity contribution >= 4 is 15.9 Å². The Morgan fingerprint density at radius 2 is 1.67 bits per heavy atom. The molecular formula is C21H26N2O3S. The van der Waals surface area contributed by atoms with Gasteiger partial charge in [-0.15, -0.1) is 0 Å². The van der Waals surface area contributed by atoms with Crippen molar-refractivity contribution in [3.05, 3.63) is 64.7 Å². The van der Waals surface area contributed by atoms with Gasteiger partial charge in [-0.3, -0.25) is 4.79 Å². The molecule has 0 radical (unpaired) electrons. The molecule has 5 nitrogen and oxygen atoms in total. The highest BCUT2D eigenvalue weighted by Crippen LogP contribution is 2.20. The van der Waals surface area contributed by atoms with Gasteiger partial charge in [0.2, 0.25) is 10.0 Å². The molecule has 1 saturated heterocycles. The number of rotatable bonds is 4. The van der Waals surface area contributed by atoms with Crippen LogP contribution in [0, 0.1) is 20.8 Å². The fourth-order valence-corrected chi connectivity index (χ4v) is 5.08. The lowest BCUT2D eigenvalue weighted by molar-refractivity contribution is 0.0711. The van der Waals surface area contributed by atoms with Gasteiger partial charge in [-0.25, -0.2) is 13.1 Å². The zero-order valence-electron chi connectivity index (χ0n) is 16.0. The summed E-state index contributed by atoms with van der Waals surface area (Å²) < 4.78 is 28.3. The molecule has 1 N–H and O–H groups in total. The van der Waals surface area contributed by atoms with Crippen LogP contribution in [0.2, 0.25) is 0 Å². The highest BCUT2D eigenvalue weighted by molar-refractivity contribution is 7.89. The molecule has 0 atom stereocenters. The fraction of sp³-hybridized carbons (Fsp3) is 0.381. The Balaban J connectivity index is 1.64. The second-order valence-electron chi connectivity index (χ2n) is 7.33. The largest absolute Gasteiger partial charge is 0.339 e. The number of piperidine rings is 1. The van der Waals surface area contributed by atoms with E-state index in [2.05, 4.69) is 4.72 Å². The van der Waals surface area contributed by atoms with Crippen LogP contribution in [0.4, 0.5) is 0 Å². The Morgan fingerprint density at radius 3 is 2.33 bits per heavy atom. The van der Waals surface area contributed by atoms with Gasteiger partial charge < -0.3 is 4.90 Å². The highest BCUT2D eigenvalue weighted by Gasteiger charge is 2.27. The molecule has 6 heteroatoms. The molecule has 27 heavy (non-hydrogen) atoms. The van der Waals surface area contributed by atoms with Crippen molar-refractivity contribution < 1.29 is 13.2 Å². The first kappa shape index (κ1) is 19.6. The fourth-order valence-electron chi connectivity index (χ4n) is 3.44. The number of nitrogens with one attached hydrogen (secondary N) is 1. The Morgan fingerprint density at radius 1 is 1.00 bits per heavy atom. The Labute approximate surface area is 161 Å². The molecule has 1 fully saturated rings. The van der Waals surface area contributed by atoms with Crippen molar-refractivity contribution in [1.82, 2.24) is 9.62 Å². The van der Waals surface area contributed by atoms with Crippen LogP contribution in [0.5, 0.6) is 0 Å². The summed E-state index contributed by atoms with van der Waals surface area (Å²) in [5.74, 6) is 0.00883. The summed E-state index contributed by atoms with van der Waals surface area (Å²) in [5, 5.41) is 0. The van der Waals surface area contributed by atoms with E-state index in [1.807, 2.05) is 50.2 Å². The highest BCUT2D eigenvalue weighted by atomic mass is 32.2. The van der Waals surface area contributed by atoms with Gasteiger partial charge in [0.05, 0.1) is 4.90 Å². The second-order valence-corrected chi connectivity index (χ2v) is 9.01. The molecule has 0 saturated carbocycles. The van der Waals surface area contributed by atoms with E-state index in [0.717, 1.165) is 16.7 Å². The molecule has 2 aromatic rings. The summed E-state index contributed by atoms with van der Waals surface area (Å²) in [7, 11) is -3.56. The van der Waals surface area contributed by atoms with E-state index in [4.69, 9.17) is 0 Å². The maximum Gasteiger partial charge on any atom is 0.253 e. The number of hydrogen-bond acceptors (Lipinski definition) is 3. The number of aryl methyl sites for hydroxylation is 3. The van der Waals surface area contributed by atoms with Gasteiger partial charge in [0.25, 0.3) is 5.91 Å². The van der Waals surface area contributed by atoms with Crippen LogP contribution in [0.1, 0.15) is 39.9 Å². The standard InChI is InChI=1S/C21H26N2O3S/c1-15-5-4-6-18(13-15)21(24)23-11-9-19(10-12-23)22-27(25,26)20-14-16(2)7-8-17(20)3/h4-8,13-14,19,22H,9-12H2,1-3H3. The van der Waals surface area contributed by atoms with Crippen LogP contribution in [-0.4, -0.2) is 38.4 Å². The van der Waals surface area contributed by atoms with Crippen molar-refractivity contribution in [2.24, 2.45) is 0 Å². The molecule has 0 unspecified atom stereocenters. The predicted molar refractivity (Wildman–Crippen MR) is 106 cm³/mol. The molecular weight excluding hydrogens is 360 g/mol. The van der Waals surface area contributed by atoms with Crippen molar-refractivity contribution in [2.45, 2.75) is 44.6 Å². The van der Waals surface area contributed by atoms with E-state index in [0.29, 0.717) is 36.4 Å². The normalized spacial score (nSPS) is 15.7. The van der Waals surface area contributed by atoms with Crippen LogP contribution in [0.25, 0.3) is 0 Å². The minimum absolute atomic E-state index is 0.00883. The minimum atomic E-state index is -3.56. The summed E-state index contributed by atoms with van der Waals surface area (Å²) in [6.45, 7) is 6.75. The van der Waals surface area contributed by atoms with Crippen LogP contribution >= 0.6 is 0 Å². The lowest BCUT2D eigenvalue weighted by atomic mass is 10.0. The number of benzene rings is 2. The van der Waals surface area contributed by atoms with Crippen LogP contribution in [0.15, 0.2) is 47.4 Å². The number of carbonyl (C=O) groups excluding carboxylic acids is 1. The van der Waals surface area contributed by atoms with Crippen LogP contribution in [-0.2, 0) is 10.0 Å². The van der Waals surface area contributed by atoms with Crippen molar-refractivity contribution in [1.29, 1.82) is 0 Å². The van der Waals surface area contributed by atoms with Gasteiger partial charge >= 0.3 is 0 Å². The molecule has 1 heterocycles. The average molecular weight is 387 g/mol. The third-order valence-corrected chi connectivity index (χ3v) is 6.66. The smallest absolute Gasteiger partial charge is 0.253 e. The first-order chi connectivity index (χ1) is 12.8. The summed E-state index contributed by atoms with van der Waals surface area (Å²) in [6.07, 6.45) is 1.23. The molecule has 0 bridgehead atoms. The summed E-state index contributed by atoms with van der Waals surface area (Å²) in [5.41, 5.74) is 3.39. The third kappa shape index (κ3) is 4.57. The molecule has 1 aliphatic rings. The van der Waals surface area contributed by atoms with E-state index in [-0.39, 0.29) is 11.9 Å². The average Bonchev–Trinajstić information content (AvgIpc) is 2.63. The zero-order chi connectivity index (χ0) is 19.6. The number of carbonyl (C=O) groups is 1. The lowest BCUT2D eigenvalue weighted by Gasteiger charge is -2.32. The van der Waals surface area contributed by atoms with Crippen molar-refractivity contribution in [3.63, 3.8) is 0 Å². The Kier molecular flexibility index (Phi) is 5.67. The van der Waals surface area contributed by atoms with Gasteiger partial charge in [-0.05, 0) is 62.9 Å². The number of likely N-dealkylation sites (tertiary alicyclic amines) is 1. The van der Waals surface area contributed by atoms with Crippen LogP contribution in [0.3, 0.4) is 0 Å². The summed E-state index contributed by atoms with van der Waals surface area (Å²) >= 11 is 0. The molecule has 0 spiro atoms. The van der Waals surface area contributed by atoms with Crippen molar-refractivity contribution in [2.75, 3.05) is 13.1 Å². The van der Waals surface area contributed by atoms with E-state index >= 15 is 0 Å². The maximum atomic E-state index is 12.8. The predicted octanol–water partition coefficient (Wildman–Crippen LogP) is 3.19. The lowest BCUT2D eigenvalue weighted by Crippen LogP contribution is -2.46. The van der Waals surface area contributed by atoms with Gasteiger partial charge in [-0.1, -0.05) is 29.8 Å². The summed E-state index contributed by atoms with van der Waals surface area (Å²) in [4.78, 5) is 14.8. The quantitative estimate of drug-likeness (QED) is 0.877. The number of amides is 1. The molecule has 2 aromatic carbocycles. The molecule has 0 aromatic heterocycles. The van der Waals surface area contributed by atoms with Gasteiger partial charge in [0, 0.05) is 24.7 Å². The Bertz CT molecular complexity index is 946. The minimum Gasteiger partial charge on any atom is -0.339 e. The molecule has 144 valence electrons. The van der Waals surface area contributed by atoms with Crippen molar-refractivity contribution in [3.8, 4) is 0 Å². The maximum absolute atomic E-state index is 12.8. The molecule has 1 aliphatic heterocycles. The number of nitrogens with zero attached hydrogens (tertiary/aromatic N) is 1. The Hall–Kier alpha value is -2.18. The monoisotopic (exact) mass is 386 g/mol. The van der Waals surface area contributed by atoms with Gasteiger partial charge in [0.15, 0.2) is 0 Å². The SMILES string of the molecule is Cc1cccc(C(=O)N2CCC(NS(=O)(=O)c3cc(C)ccc3C)CC2)c1. The summed E-state index contributed by atoms with van der Waals surface area (Å²) in [6, 6.07) is 12.8. The molecule has 1 amide bonds. The first-order valence-electron chi connectivity index (χ1n) is 9.22. The van der Waals surface area contributed by atoms with E-state index < -0.39 is 10.0 Å². The first-order valence-corrected chi connectivity index (χ1v) is 10.7. The number of hydrogen-bond donors (Lipinski definition) is 1. The van der Waals surface area contributed by atoms with E-state index in [1.54, 1.807) is 17.9 Å². The molecule has 0 aliphatic carbocycles. The number of sulfonamides is 1.